The van der Waals surface area contributed by atoms with Crippen LogP contribution in [-0.2, 0) is 14.4 Å². The van der Waals surface area contributed by atoms with Gasteiger partial charge in [-0.3, -0.25) is 14.4 Å². The number of aliphatic hydroxyl groups is 2. The van der Waals surface area contributed by atoms with Crippen molar-refractivity contribution in [2.24, 2.45) is 28.1 Å². The molecule has 1 fully saturated rings. The maximum absolute atomic E-state index is 15.0. The molecule has 2 aliphatic rings. The van der Waals surface area contributed by atoms with Gasteiger partial charge in [0.2, 0.25) is 0 Å². The molecule has 222 valence electrons. The molecule has 0 spiro atoms. The number of carbonyl (C=O) groups excluding carboxylic acids is 3. The highest BCUT2D eigenvalue weighted by atomic mass is 16.3. The van der Waals surface area contributed by atoms with Crippen molar-refractivity contribution in [1.82, 2.24) is 0 Å². The minimum atomic E-state index is -1.90. The molecule has 1 unspecified atom stereocenters. The number of rotatable bonds is 12. The van der Waals surface area contributed by atoms with Crippen molar-refractivity contribution in [3.05, 3.63) is 57.9 Å². The first-order valence-electron chi connectivity index (χ1n) is 14.8. The summed E-state index contributed by atoms with van der Waals surface area (Å²) in [7, 11) is 0. The number of aliphatic hydroxyl groups excluding tert-OH is 2. The van der Waals surface area contributed by atoms with E-state index in [4.69, 9.17) is 0 Å². The van der Waals surface area contributed by atoms with Gasteiger partial charge in [0, 0.05) is 11.5 Å². The van der Waals surface area contributed by atoms with Crippen LogP contribution in [-0.4, -0.2) is 34.2 Å². The first-order chi connectivity index (χ1) is 18.5. The maximum atomic E-state index is 15.0. The smallest absolute Gasteiger partial charge is 0.184 e. The van der Waals surface area contributed by atoms with Gasteiger partial charge in [0.25, 0.3) is 0 Å². The summed E-state index contributed by atoms with van der Waals surface area (Å²) in [6.45, 7) is 19.1. The number of hydrogen-bond donors (Lipinski definition) is 2. The van der Waals surface area contributed by atoms with Crippen LogP contribution in [0.4, 0.5) is 0 Å². The molecule has 0 saturated heterocycles. The standard InChI is InChI=1S/C35H52O5/c1-22(2)13-15-27-20-34(19-17-24(5)6)30(38)28(16-14-23(3)4)31(39)35(32(34)40,29(37)25(7)8)33(27,10)18-11-12-26(9)21-36/h12-14,17,25,27,36,38H,11,15-16,18-21H2,1-10H3/b26-12+/t27-,33?,34-,35+/m1/s1. The molecule has 1 saturated carbocycles. The number of ketones is 3. The Labute approximate surface area is 242 Å². The zero-order valence-corrected chi connectivity index (χ0v) is 26.5. The summed E-state index contributed by atoms with van der Waals surface area (Å²) in [5.74, 6) is -2.20. The van der Waals surface area contributed by atoms with Crippen LogP contribution in [0.3, 0.4) is 0 Å². The first kappa shape index (κ1) is 33.7. The van der Waals surface area contributed by atoms with E-state index in [-0.39, 0.29) is 42.5 Å². The first-order valence-corrected chi connectivity index (χ1v) is 14.8. The number of Topliss-reactive ketones (excluding diaryl/α,β-unsaturated/α-hetero) is 3. The minimum absolute atomic E-state index is 0.0683. The van der Waals surface area contributed by atoms with E-state index in [1.165, 1.54) is 0 Å². The van der Waals surface area contributed by atoms with Crippen molar-refractivity contribution in [3.63, 3.8) is 0 Å². The predicted molar refractivity (Wildman–Crippen MR) is 163 cm³/mol. The lowest BCUT2D eigenvalue weighted by atomic mass is 9.38. The highest BCUT2D eigenvalue weighted by molar-refractivity contribution is 6.33. The van der Waals surface area contributed by atoms with Gasteiger partial charge in [-0.2, -0.15) is 0 Å². The number of carbonyl (C=O) groups is 3. The van der Waals surface area contributed by atoms with Crippen molar-refractivity contribution in [1.29, 1.82) is 0 Å². The summed E-state index contributed by atoms with van der Waals surface area (Å²) in [6.07, 6.45) is 10.3. The molecule has 2 aliphatic carbocycles. The molecule has 0 radical (unpaired) electrons. The second-order valence-corrected chi connectivity index (χ2v) is 13.4. The molecule has 0 aromatic carbocycles. The van der Waals surface area contributed by atoms with E-state index in [0.717, 1.165) is 22.3 Å². The quantitative estimate of drug-likeness (QED) is 0.189. The lowest BCUT2D eigenvalue weighted by Gasteiger charge is -2.61. The highest BCUT2D eigenvalue weighted by Crippen LogP contribution is 2.67. The predicted octanol–water partition coefficient (Wildman–Crippen LogP) is 7.96. The fraction of sp³-hybridized carbons (Fsp3) is 0.629. The average molecular weight is 553 g/mol. The van der Waals surface area contributed by atoms with Gasteiger partial charge in [-0.25, -0.2) is 0 Å². The van der Waals surface area contributed by atoms with Gasteiger partial charge in [0.1, 0.15) is 5.76 Å². The van der Waals surface area contributed by atoms with Crippen molar-refractivity contribution in [2.75, 3.05) is 6.61 Å². The van der Waals surface area contributed by atoms with Gasteiger partial charge in [-0.1, -0.05) is 67.4 Å². The van der Waals surface area contributed by atoms with E-state index >= 15 is 4.79 Å². The summed E-state index contributed by atoms with van der Waals surface area (Å²) in [5.41, 5.74) is -0.0745. The van der Waals surface area contributed by atoms with Crippen molar-refractivity contribution >= 4 is 17.3 Å². The van der Waals surface area contributed by atoms with E-state index in [2.05, 4.69) is 6.08 Å². The van der Waals surface area contributed by atoms with Gasteiger partial charge >= 0.3 is 0 Å². The molecule has 0 aliphatic heterocycles. The molecule has 5 heteroatoms. The van der Waals surface area contributed by atoms with Crippen LogP contribution in [0.25, 0.3) is 0 Å². The Balaban J connectivity index is 3.07. The van der Waals surface area contributed by atoms with Crippen LogP contribution in [0.5, 0.6) is 0 Å². The maximum Gasteiger partial charge on any atom is 0.184 e. The second-order valence-electron chi connectivity index (χ2n) is 13.4. The van der Waals surface area contributed by atoms with Gasteiger partial charge in [0.15, 0.2) is 22.8 Å². The van der Waals surface area contributed by atoms with Crippen LogP contribution in [0.15, 0.2) is 57.9 Å². The van der Waals surface area contributed by atoms with Crippen LogP contribution in [0.1, 0.15) is 108 Å². The molecule has 0 heterocycles. The topological polar surface area (TPSA) is 91.7 Å². The Morgan fingerprint density at radius 2 is 1.52 bits per heavy atom. The number of allylic oxidation sites excluding steroid dienone is 9. The van der Waals surface area contributed by atoms with Crippen LogP contribution in [0.2, 0.25) is 0 Å². The SMILES string of the molecule is CC(C)=CCC1=C(O)[C@@]2(CC=C(C)C)C[C@@H](CC=C(C)C)C(C)(CC/C=C(\C)CO)[C@@](C(=O)C(C)C)(C1=O)C2=O. The van der Waals surface area contributed by atoms with Crippen LogP contribution >= 0.6 is 0 Å². The minimum Gasteiger partial charge on any atom is -0.511 e. The number of fused-ring (bicyclic) bond motifs is 2. The third-order valence-corrected chi connectivity index (χ3v) is 9.17. The summed E-state index contributed by atoms with van der Waals surface area (Å²) < 4.78 is 0. The zero-order valence-electron chi connectivity index (χ0n) is 26.5. The van der Waals surface area contributed by atoms with Gasteiger partial charge in [-0.05, 0) is 98.3 Å². The molecule has 2 N–H and O–H groups in total. The Morgan fingerprint density at radius 1 is 0.950 bits per heavy atom. The van der Waals surface area contributed by atoms with E-state index in [1.807, 2.05) is 73.6 Å². The molecule has 2 bridgehead atoms. The van der Waals surface area contributed by atoms with Crippen molar-refractivity contribution < 1.29 is 24.6 Å². The van der Waals surface area contributed by atoms with E-state index in [1.54, 1.807) is 13.8 Å². The molecule has 2 rings (SSSR count). The van der Waals surface area contributed by atoms with E-state index in [0.29, 0.717) is 25.7 Å². The van der Waals surface area contributed by atoms with E-state index in [9.17, 15) is 19.8 Å². The third kappa shape index (κ3) is 5.91. The van der Waals surface area contributed by atoms with Crippen molar-refractivity contribution in [3.8, 4) is 0 Å². The Morgan fingerprint density at radius 3 is 2.02 bits per heavy atom. The Kier molecular flexibility index (Phi) is 10.9. The summed E-state index contributed by atoms with van der Waals surface area (Å²) in [6, 6.07) is 0. The van der Waals surface area contributed by atoms with Gasteiger partial charge in [0.05, 0.1) is 12.0 Å². The molecule has 0 amide bonds. The molecular weight excluding hydrogens is 500 g/mol. The summed E-state index contributed by atoms with van der Waals surface area (Å²) in [5, 5.41) is 21.5. The third-order valence-electron chi connectivity index (χ3n) is 9.17. The van der Waals surface area contributed by atoms with Gasteiger partial charge < -0.3 is 10.2 Å². The average Bonchev–Trinajstić information content (AvgIpc) is 2.86. The lowest BCUT2D eigenvalue weighted by molar-refractivity contribution is -0.180. The summed E-state index contributed by atoms with van der Waals surface area (Å²) >= 11 is 0. The molecule has 0 aromatic rings. The number of hydrogen-bond acceptors (Lipinski definition) is 5. The molecule has 5 nitrogen and oxygen atoms in total. The fourth-order valence-electron chi connectivity index (χ4n) is 6.73. The largest absolute Gasteiger partial charge is 0.511 e. The Bertz CT molecular complexity index is 1160. The lowest BCUT2D eigenvalue weighted by Crippen LogP contribution is -2.71. The fourth-order valence-corrected chi connectivity index (χ4v) is 6.73. The van der Waals surface area contributed by atoms with Crippen LogP contribution in [0, 0.1) is 28.1 Å². The molecular formula is C35H52O5. The van der Waals surface area contributed by atoms with Crippen LogP contribution < -0.4 is 0 Å². The molecule has 40 heavy (non-hydrogen) atoms. The monoisotopic (exact) mass is 552 g/mol. The zero-order chi connectivity index (χ0) is 30.6. The van der Waals surface area contributed by atoms with Gasteiger partial charge in [-0.15, -0.1) is 0 Å². The molecule has 0 aromatic heterocycles. The van der Waals surface area contributed by atoms with E-state index < -0.39 is 33.7 Å². The normalized spacial score (nSPS) is 28.5. The second kappa shape index (κ2) is 13.0. The van der Waals surface area contributed by atoms with Crippen molar-refractivity contribution in [2.45, 2.75) is 108 Å². The molecule has 4 atom stereocenters. The highest BCUT2D eigenvalue weighted by Gasteiger charge is 2.75. The Hall–Kier alpha value is -2.53. The summed E-state index contributed by atoms with van der Waals surface area (Å²) in [4.78, 5) is 44.3.